The molecule has 2 aromatic rings. The molecule has 0 atom stereocenters. The molecule has 4 nitrogen and oxygen atoms in total. The molecule has 0 radical (unpaired) electrons. The number of aromatic nitrogens is 2. The third-order valence-electron chi connectivity index (χ3n) is 2.86. The Morgan fingerprint density at radius 3 is 2.75 bits per heavy atom. The second-order valence-corrected chi connectivity index (χ2v) is 6.12. The summed E-state index contributed by atoms with van der Waals surface area (Å²) >= 11 is 3.51. The van der Waals surface area contributed by atoms with E-state index in [0.717, 1.165) is 34.1 Å². The van der Waals surface area contributed by atoms with Gasteiger partial charge in [-0.1, -0.05) is 29.8 Å². The first-order chi connectivity index (χ1) is 9.49. The lowest BCUT2D eigenvalue weighted by Gasteiger charge is -2.12. The smallest absolute Gasteiger partial charge is 0.207 e. The third kappa shape index (κ3) is 3.54. The van der Waals surface area contributed by atoms with Crippen molar-refractivity contribution >= 4 is 21.9 Å². The van der Waals surface area contributed by atoms with Crippen LogP contribution in [0.3, 0.4) is 0 Å². The summed E-state index contributed by atoms with van der Waals surface area (Å²) in [5, 5.41) is 3.38. The van der Waals surface area contributed by atoms with Crippen molar-refractivity contribution in [3.05, 3.63) is 34.6 Å². The van der Waals surface area contributed by atoms with E-state index in [-0.39, 0.29) is 0 Å². The van der Waals surface area contributed by atoms with Gasteiger partial charge in [0.25, 0.3) is 0 Å². The number of benzene rings is 1. The molecule has 0 saturated carbocycles. The number of anilines is 1. The molecule has 108 valence electrons. The van der Waals surface area contributed by atoms with Crippen molar-refractivity contribution in [1.82, 2.24) is 9.55 Å². The minimum Gasteiger partial charge on any atom is -0.497 e. The van der Waals surface area contributed by atoms with Crippen LogP contribution in [0.2, 0.25) is 0 Å². The van der Waals surface area contributed by atoms with Gasteiger partial charge in [0.15, 0.2) is 0 Å². The molecular weight excluding hydrogens is 318 g/mol. The Balaban J connectivity index is 2.38. The van der Waals surface area contributed by atoms with Crippen molar-refractivity contribution in [2.24, 2.45) is 5.92 Å². The second kappa shape index (κ2) is 6.31. The first-order valence-electron chi connectivity index (χ1n) is 6.64. The van der Waals surface area contributed by atoms with Crippen LogP contribution in [0.15, 0.2) is 28.9 Å². The molecule has 5 heteroatoms. The lowest BCUT2D eigenvalue weighted by Crippen LogP contribution is -2.12. The molecule has 0 spiro atoms. The standard InChI is InChI=1S/C15H20BrN3O/c1-10(2)8-17-15-18-11(3)9-19(15)13-5-12(16)6-14(7-13)20-4/h5-7,9-10H,8H2,1-4H3,(H,17,18). The van der Waals surface area contributed by atoms with Crippen LogP contribution in [0.1, 0.15) is 19.5 Å². The first kappa shape index (κ1) is 14.9. The zero-order valence-corrected chi connectivity index (χ0v) is 13.9. The molecular formula is C15H20BrN3O. The third-order valence-corrected chi connectivity index (χ3v) is 3.32. The predicted molar refractivity (Wildman–Crippen MR) is 85.9 cm³/mol. The van der Waals surface area contributed by atoms with E-state index in [0.29, 0.717) is 5.92 Å². The molecule has 1 aromatic heterocycles. The minimum atomic E-state index is 0.567. The van der Waals surface area contributed by atoms with Gasteiger partial charge in [-0.05, 0) is 25.0 Å². The molecule has 0 amide bonds. The van der Waals surface area contributed by atoms with Gasteiger partial charge in [0, 0.05) is 23.3 Å². The number of methoxy groups -OCH3 is 1. The number of aryl methyl sites for hydroxylation is 1. The van der Waals surface area contributed by atoms with E-state index in [1.165, 1.54) is 0 Å². The van der Waals surface area contributed by atoms with E-state index < -0.39 is 0 Å². The largest absolute Gasteiger partial charge is 0.497 e. The van der Waals surface area contributed by atoms with Crippen molar-refractivity contribution < 1.29 is 4.74 Å². The van der Waals surface area contributed by atoms with E-state index in [4.69, 9.17) is 4.74 Å². The van der Waals surface area contributed by atoms with Crippen LogP contribution in [-0.2, 0) is 0 Å². The maximum absolute atomic E-state index is 5.32. The molecule has 1 heterocycles. The Morgan fingerprint density at radius 2 is 2.10 bits per heavy atom. The van der Waals surface area contributed by atoms with Crippen LogP contribution in [0, 0.1) is 12.8 Å². The lowest BCUT2D eigenvalue weighted by atomic mass is 10.2. The van der Waals surface area contributed by atoms with Crippen molar-refractivity contribution in [2.75, 3.05) is 19.0 Å². The molecule has 20 heavy (non-hydrogen) atoms. The maximum Gasteiger partial charge on any atom is 0.207 e. The fourth-order valence-electron chi connectivity index (χ4n) is 1.92. The van der Waals surface area contributed by atoms with E-state index in [1.54, 1.807) is 7.11 Å². The molecule has 0 unspecified atom stereocenters. The number of nitrogens with one attached hydrogen (secondary N) is 1. The van der Waals surface area contributed by atoms with Crippen molar-refractivity contribution in [3.8, 4) is 11.4 Å². The van der Waals surface area contributed by atoms with Crippen LogP contribution in [-0.4, -0.2) is 23.2 Å². The lowest BCUT2D eigenvalue weighted by molar-refractivity contribution is 0.414. The highest BCUT2D eigenvalue weighted by atomic mass is 79.9. The van der Waals surface area contributed by atoms with Gasteiger partial charge >= 0.3 is 0 Å². The number of nitrogens with zero attached hydrogens (tertiary/aromatic N) is 2. The molecule has 2 rings (SSSR count). The summed E-state index contributed by atoms with van der Waals surface area (Å²) in [7, 11) is 1.67. The molecule has 0 aliphatic carbocycles. The van der Waals surface area contributed by atoms with Gasteiger partial charge in [-0.3, -0.25) is 4.57 Å². The van der Waals surface area contributed by atoms with E-state index in [9.17, 15) is 0 Å². The van der Waals surface area contributed by atoms with E-state index >= 15 is 0 Å². The van der Waals surface area contributed by atoms with Gasteiger partial charge in [0.2, 0.25) is 5.95 Å². The highest BCUT2D eigenvalue weighted by Crippen LogP contribution is 2.26. The van der Waals surface area contributed by atoms with Crippen LogP contribution < -0.4 is 10.1 Å². The Morgan fingerprint density at radius 1 is 1.35 bits per heavy atom. The van der Waals surface area contributed by atoms with Gasteiger partial charge in [-0.25, -0.2) is 4.98 Å². The van der Waals surface area contributed by atoms with Gasteiger partial charge in [-0.15, -0.1) is 0 Å². The van der Waals surface area contributed by atoms with E-state index in [2.05, 4.69) is 40.1 Å². The number of ether oxygens (including phenoxy) is 1. The molecule has 0 aliphatic heterocycles. The predicted octanol–water partition coefficient (Wildman–Crippen LogP) is 4.02. The number of hydrogen-bond donors (Lipinski definition) is 1. The molecule has 0 saturated heterocycles. The summed E-state index contributed by atoms with van der Waals surface area (Å²) in [6.45, 7) is 7.23. The monoisotopic (exact) mass is 337 g/mol. The molecule has 1 N–H and O–H groups in total. The van der Waals surface area contributed by atoms with Crippen LogP contribution in [0.5, 0.6) is 5.75 Å². The summed E-state index contributed by atoms with van der Waals surface area (Å²) in [6, 6.07) is 5.98. The SMILES string of the molecule is COc1cc(Br)cc(-n2cc(C)nc2NCC(C)C)c1. The number of halogens is 1. The van der Waals surface area contributed by atoms with Crippen LogP contribution in [0.25, 0.3) is 5.69 Å². The number of hydrogen-bond acceptors (Lipinski definition) is 3. The fraction of sp³-hybridized carbons (Fsp3) is 0.400. The molecule has 1 aromatic carbocycles. The number of rotatable bonds is 5. The summed E-state index contributed by atoms with van der Waals surface area (Å²) in [5.41, 5.74) is 2.00. The zero-order valence-electron chi connectivity index (χ0n) is 12.3. The van der Waals surface area contributed by atoms with Crippen molar-refractivity contribution in [1.29, 1.82) is 0 Å². The van der Waals surface area contributed by atoms with Crippen molar-refractivity contribution in [2.45, 2.75) is 20.8 Å². The first-order valence-corrected chi connectivity index (χ1v) is 7.43. The van der Waals surface area contributed by atoms with E-state index in [1.807, 2.05) is 35.9 Å². The van der Waals surface area contributed by atoms with Crippen LogP contribution in [0.4, 0.5) is 5.95 Å². The summed E-state index contributed by atoms with van der Waals surface area (Å²) in [5.74, 6) is 2.24. The fourth-order valence-corrected chi connectivity index (χ4v) is 2.38. The second-order valence-electron chi connectivity index (χ2n) is 5.20. The average molecular weight is 338 g/mol. The summed E-state index contributed by atoms with van der Waals surface area (Å²) in [6.07, 6.45) is 2.02. The van der Waals surface area contributed by atoms with Gasteiger partial charge in [0.1, 0.15) is 5.75 Å². The Bertz CT molecular complexity index is 593. The molecule has 0 fully saturated rings. The Labute approximate surface area is 128 Å². The van der Waals surface area contributed by atoms with Crippen molar-refractivity contribution in [3.63, 3.8) is 0 Å². The molecule has 0 bridgehead atoms. The highest BCUT2D eigenvalue weighted by Gasteiger charge is 2.09. The quantitative estimate of drug-likeness (QED) is 0.895. The Kier molecular flexibility index (Phi) is 4.70. The van der Waals surface area contributed by atoms with Gasteiger partial charge in [-0.2, -0.15) is 0 Å². The Hall–Kier alpha value is -1.49. The maximum atomic E-state index is 5.32. The number of imidazole rings is 1. The zero-order chi connectivity index (χ0) is 14.7. The topological polar surface area (TPSA) is 39.1 Å². The summed E-state index contributed by atoms with van der Waals surface area (Å²) in [4.78, 5) is 4.54. The highest BCUT2D eigenvalue weighted by molar-refractivity contribution is 9.10. The van der Waals surface area contributed by atoms with Crippen LogP contribution >= 0.6 is 15.9 Å². The molecule has 0 aliphatic rings. The summed E-state index contributed by atoms with van der Waals surface area (Å²) < 4.78 is 8.34. The van der Waals surface area contributed by atoms with Gasteiger partial charge in [0.05, 0.1) is 18.5 Å². The minimum absolute atomic E-state index is 0.567. The average Bonchev–Trinajstić information content (AvgIpc) is 2.77. The normalized spacial score (nSPS) is 10.9. The van der Waals surface area contributed by atoms with Gasteiger partial charge < -0.3 is 10.1 Å².